The molecule has 0 radical (unpaired) electrons. The van der Waals surface area contributed by atoms with E-state index >= 15 is 0 Å². The largest absolute Gasteiger partial charge is 0.353 e. The van der Waals surface area contributed by atoms with Gasteiger partial charge in [-0.1, -0.05) is 6.92 Å². The summed E-state index contributed by atoms with van der Waals surface area (Å²) in [7, 11) is 0. The van der Waals surface area contributed by atoms with Gasteiger partial charge in [0.2, 0.25) is 5.91 Å². The molecule has 1 heterocycles. The molecule has 0 aromatic heterocycles. The lowest BCUT2D eigenvalue weighted by Crippen LogP contribution is -2.23. The molecule has 46 valence electrons. The number of rotatable bonds is 1. The van der Waals surface area contributed by atoms with Gasteiger partial charge in [-0.25, -0.2) is 0 Å². The number of carbonyl (C=O) groups excluding carboxylic acids is 1. The van der Waals surface area contributed by atoms with E-state index in [0.29, 0.717) is 6.04 Å². The molecule has 1 aliphatic rings. The summed E-state index contributed by atoms with van der Waals surface area (Å²) in [6.07, 6.45) is 2.85. The van der Waals surface area contributed by atoms with E-state index in [1.54, 1.807) is 0 Å². The number of carbonyl (C=O) groups is 1. The first-order valence-electron chi connectivity index (χ1n) is 3.12. The van der Waals surface area contributed by atoms with Gasteiger partial charge in [0.05, 0.1) is 0 Å². The molecule has 2 nitrogen and oxygen atoms in total. The van der Waals surface area contributed by atoms with Crippen molar-refractivity contribution >= 4 is 5.91 Å². The van der Waals surface area contributed by atoms with Gasteiger partial charge in [0.15, 0.2) is 0 Å². The van der Waals surface area contributed by atoms with E-state index in [2.05, 4.69) is 12.2 Å². The normalized spacial score (nSPS) is 28.1. The molecule has 1 fully saturated rings. The molecule has 0 saturated carbocycles. The zero-order valence-electron chi connectivity index (χ0n) is 5.11. The van der Waals surface area contributed by atoms with Gasteiger partial charge in [-0.15, -0.1) is 0 Å². The molecule has 0 aromatic rings. The molecule has 1 atom stereocenters. The van der Waals surface area contributed by atoms with Crippen LogP contribution >= 0.6 is 0 Å². The van der Waals surface area contributed by atoms with Crippen LogP contribution in [0.1, 0.15) is 26.2 Å². The van der Waals surface area contributed by atoms with Crippen molar-refractivity contribution in [2.75, 3.05) is 0 Å². The van der Waals surface area contributed by atoms with Gasteiger partial charge < -0.3 is 5.32 Å². The Morgan fingerprint density at radius 1 is 1.88 bits per heavy atom. The lowest BCUT2D eigenvalue weighted by Gasteiger charge is -2.02. The zero-order valence-corrected chi connectivity index (χ0v) is 5.11. The molecular weight excluding hydrogens is 102 g/mol. The number of amides is 1. The Hall–Kier alpha value is -0.530. The lowest BCUT2D eigenvalue weighted by molar-refractivity contribution is -0.119. The SMILES string of the molecule is CC[C@@H]1CCC(=O)N1. The molecular formula is C6H11NO. The number of hydrogen-bond acceptors (Lipinski definition) is 1. The summed E-state index contributed by atoms with van der Waals surface area (Å²) >= 11 is 0. The van der Waals surface area contributed by atoms with Crippen LogP contribution in [0, 0.1) is 0 Å². The Balaban J connectivity index is 2.32. The van der Waals surface area contributed by atoms with Crippen LogP contribution in [0.2, 0.25) is 0 Å². The summed E-state index contributed by atoms with van der Waals surface area (Å²) in [6, 6.07) is 0.475. The van der Waals surface area contributed by atoms with Crippen molar-refractivity contribution in [1.29, 1.82) is 0 Å². The minimum absolute atomic E-state index is 0.219. The third kappa shape index (κ3) is 0.997. The molecule has 1 aliphatic heterocycles. The standard InChI is InChI=1S/C6H11NO/c1-2-5-3-4-6(8)7-5/h5H,2-4H2,1H3,(H,7,8)/t5-/m1/s1. The maximum atomic E-state index is 10.5. The second kappa shape index (κ2) is 2.16. The van der Waals surface area contributed by atoms with Gasteiger partial charge in [0, 0.05) is 12.5 Å². The average Bonchev–Trinajstić information content (AvgIpc) is 2.14. The zero-order chi connectivity index (χ0) is 5.98. The van der Waals surface area contributed by atoms with Crippen molar-refractivity contribution in [3.63, 3.8) is 0 Å². The van der Waals surface area contributed by atoms with Crippen molar-refractivity contribution in [3.8, 4) is 0 Å². The Bertz CT molecular complexity index is 101. The lowest BCUT2D eigenvalue weighted by atomic mass is 10.2. The molecule has 0 aromatic carbocycles. The van der Waals surface area contributed by atoms with Crippen molar-refractivity contribution in [3.05, 3.63) is 0 Å². The van der Waals surface area contributed by atoms with Crippen molar-refractivity contribution in [2.45, 2.75) is 32.2 Å². The van der Waals surface area contributed by atoms with Crippen LogP contribution in [0.4, 0.5) is 0 Å². The van der Waals surface area contributed by atoms with Crippen molar-refractivity contribution in [2.24, 2.45) is 0 Å². The third-order valence-corrected chi connectivity index (χ3v) is 1.58. The highest BCUT2D eigenvalue weighted by Gasteiger charge is 2.17. The predicted octanol–water partition coefficient (Wildman–Crippen LogP) is 0.675. The van der Waals surface area contributed by atoms with Crippen LogP contribution in [-0.4, -0.2) is 11.9 Å². The molecule has 2 heteroatoms. The second-order valence-electron chi connectivity index (χ2n) is 2.21. The van der Waals surface area contributed by atoms with Gasteiger partial charge in [-0.2, -0.15) is 0 Å². The van der Waals surface area contributed by atoms with Gasteiger partial charge in [0.25, 0.3) is 0 Å². The molecule has 0 aliphatic carbocycles. The summed E-state index contributed by atoms with van der Waals surface area (Å²) in [5.41, 5.74) is 0. The summed E-state index contributed by atoms with van der Waals surface area (Å²) in [5, 5.41) is 2.86. The minimum Gasteiger partial charge on any atom is -0.353 e. The first-order valence-corrected chi connectivity index (χ1v) is 3.12. The second-order valence-corrected chi connectivity index (χ2v) is 2.21. The molecule has 0 bridgehead atoms. The maximum absolute atomic E-state index is 10.5. The molecule has 1 N–H and O–H groups in total. The summed E-state index contributed by atoms with van der Waals surface area (Å²) < 4.78 is 0. The van der Waals surface area contributed by atoms with Crippen LogP contribution < -0.4 is 5.32 Å². The molecule has 0 spiro atoms. The van der Waals surface area contributed by atoms with Crippen LogP contribution in [0.5, 0.6) is 0 Å². The molecule has 1 rings (SSSR count). The van der Waals surface area contributed by atoms with Crippen LogP contribution in [-0.2, 0) is 4.79 Å². The third-order valence-electron chi connectivity index (χ3n) is 1.58. The molecule has 1 amide bonds. The highest BCUT2D eigenvalue weighted by Crippen LogP contribution is 2.08. The Morgan fingerprint density at radius 2 is 2.62 bits per heavy atom. The van der Waals surface area contributed by atoms with E-state index in [-0.39, 0.29) is 5.91 Å². The highest BCUT2D eigenvalue weighted by atomic mass is 16.1. The fraction of sp³-hybridized carbons (Fsp3) is 0.833. The maximum Gasteiger partial charge on any atom is 0.220 e. The van der Waals surface area contributed by atoms with Crippen LogP contribution in [0.3, 0.4) is 0 Å². The summed E-state index contributed by atoms with van der Waals surface area (Å²) in [6.45, 7) is 2.09. The highest BCUT2D eigenvalue weighted by molar-refractivity contribution is 5.78. The van der Waals surface area contributed by atoms with E-state index < -0.39 is 0 Å². The van der Waals surface area contributed by atoms with E-state index in [1.165, 1.54) is 0 Å². The first kappa shape index (κ1) is 5.60. The molecule has 0 unspecified atom stereocenters. The monoisotopic (exact) mass is 113 g/mol. The van der Waals surface area contributed by atoms with Crippen LogP contribution in [0.25, 0.3) is 0 Å². The van der Waals surface area contributed by atoms with Crippen LogP contribution in [0.15, 0.2) is 0 Å². The van der Waals surface area contributed by atoms with Gasteiger partial charge in [-0.3, -0.25) is 4.79 Å². The topological polar surface area (TPSA) is 29.1 Å². The number of hydrogen-bond donors (Lipinski definition) is 1. The fourth-order valence-electron chi connectivity index (χ4n) is 0.984. The Kier molecular flexibility index (Phi) is 1.51. The fourth-order valence-corrected chi connectivity index (χ4v) is 0.984. The van der Waals surface area contributed by atoms with E-state index in [1.807, 2.05) is 0 Å². The van der Waals surface area contributed by atoms with Crippen molar-refractivity contribution in [1.82, 2.24) is 5.32 Å². The Morgan fingerprint density at radius 3 is 2.88 bits per heavy atom. The Labute approximate surface area is 49.3 Å². The van der Waals surface area contributed by atoms with Gasteiger partial charge in [-0.05, 0) is 12.8 Å². The average molecular weight is 113 g/mol. The van der Waals surface area contributed by atoms with Gasteiger partial charge in [0.1, 0.15) is 0 Å². The summed E-state index contributed by atoms with van der Waals surface area (Å²) in [4.78, 5) is 10.5. The molecule has 8 heavy (non-hydrogen) atoms. The van der Waals surface area contributed by atoms with Gasteiger partial charge >= 0.3 is 0 Å². The summed E-state index contributed by atoms with van der Waals surface area (Å²) in [5.74, 6) is 0.219. The molecule has 1 saturated heterocycles. The minimum atomic E-state index is 0.219. The van der Waals surface area contributed by atoms with E-state index in [4.69, 9.17) is 0 Å². The van der Waals surface area contributed by atoms with E-state index in [0.717, 1.165) is 19.3 Å². The quantitative estimate of drug-likeness (QED) is 0.532. The van der Waals surface area contributed by atoms with E-state index in [9.17, 15) is 4.79 Å². The number of nitrogens with one attached hydrogen (secondary N) is 1. The predicted molar refractivity (Wildman–Crippen MR) is 31.5 cm³/mol. The first-order chi connectivity index (χ1) is 3.83. The van der Waals surface area contributed by atoms with Crippen molar-refractivity contribution < 1.29 is 4.79 Å². The smallest absolute Gasteiger partial charge is 0.220 e.